The van der Waals surface area contributed by atoms with E-state index in [0.717, 1.165) is 32.1 Å². The summed E-state index contributed by atoms with van der Waals surface area (Å²) in [5.41, 5.74) is -0.487. The first kappa shape index (κ1) is 20.2. The van der Waals surface area contributed by atoms with Crippen molar-refractivity contribution in [3.8, 4) is 12.3 Å². The van der Waals surface area contributed by atoms with E-state index in [4.69, 9.17) is 6.42 Å². The molecule has 1 aromatic heterocycles. The number of rotatable bonds is 3. The molecule has 8 atom stereocenters. The lowest BCUT2D eigenvalue weighted by Crippen LogP contribution is -2.56. The number of carbonyl (C=O) groups is 1. The summed E-state index contributed by atoms with van der Waals surface area (Å²) in [4.78, 5) is 17.2. The van der Waals surface area contributed by atoms with Crippen LogP contribution < -0.4 is 0 Å². The van der Waals surface area contributed by atoms with E-state index < -0.39 is 5.60 Å². The molecule has 0 bridgehead atoms. The van der Waals surface area contributed by atoms with Crippen molar-refractivity contribution in [1.82, 2.24) is 14.8 Å². The van der Waals surface area contributed by atoms with Crippen molar-refractivity contribution >= 4 is 5.78 Å². The SMILES string of the molecule is C#C[C@@]1(O)CC[C@@]2(C)[C@H](CC[C@@H]3[C@@H]2CC[C@]2(C)[C@@H](C(=O)Cn4cncn4)CC[C@@H]32)C1. The Morgan fingerprint density at radius 3 is 2.67 bits per heavy atom. The molecule has 0 spiro atoms. The van der Waals surface area contributed by atoms with Gasteiger partial charge in [-0.15, -0.1) is 6.42 Å². The van der Waals surface area contributed by atoms with Crippen LogP contribution in [0.5, 0.6) is 0 Å². The summed E-state index contributed by atoms with van der Waals surface area (Å²) in [6, 6.07) is 0. The number of carbonyl (C=O) groups excluding carboxylic acids is 1. The molecule has 0 unspecified atom stereocenters. The molecule has 1 N–H and O–H groups in total. The zero-order chi connectivity index (χ0) is 21.1. The predicted molar refractivity (Wildman–Crippen MR) is 114 cm³/mol. The van der Waals surface area contributed by atoms with Crippen LogP contribution in [0.25, 0.3) is 0 Å². The lowest BCUT2D eigenvalue weighted by Gasteiger charge is -2.61. The van der Waals surface area contributed by atoms with Crippen molar-refractivity contribution in [2.24, 2.45) is 40.4 Å². The highest BCUT2D eigenvalue weighted by atomic mass is 16.3. The smallest absolute Gasteiger partial charge is 0.157 e. The summed E-state index contributed by atoms with van der Waals surface area (Å²) in [7, 11) is 0. The van der Waals surface area contributed by atoms with Crippen LogP contribution in [0.15, 0.2) is 12.7 Å². The Bertz CT molecular complexity index is 860. The number of hydrogen-bond donors (Lipinski definition) is 1. The Labute approximate surface area is 180 Å². The molecule has 0 saturated heterocycles. The monoisotopic (exact) mass is 409 g/mol. The molecule has 4 aliphatic carbocycles. The van der Waals surface area contributed by atoms with E-state index in [1.807, 2.05) is 0 Å². The third-order valence-electron chi connectivity index (χ3n) is 10.2. The Morgan fingerprint density at radius 1 is 1.13 bits per heavy atom. The summed E-state index contributed by atoms with van der Waals surface area (Å²) in [5, 5.41) is 14.9. The third kappa shape index (κ3) is 2.90. The highest BCUT2D eigenvalue weighted by molar-refractivity contribution is 5.82. The molecule has 0 aromatic carbocycles. The number of Topliss-reactive ketones (excluding diaryl/α,β-unsaturated/α-hetero) is 1. The highest BCUT2D eigenvalue weighted by Crippen LogP contribution is 2.68. The van der Waals surface area contributed by atoms with Crippen molar-refractivity contribution in [3.05, 3.63) is 12.7 Å². The van der Waals surface area contributed by atoms with Crippen LogP contribution >= 0.6 is 0 Å². The fourth-order valence-electron chi connectivity index (χ4n) is 8.49. The number of fused-ring (bicyclic) bond motifs is 5. The largest absolute Gasteiger partial charge is 0.378 e. The van der Waals surface area contributed by atoms with E-state index in [1.165, 1.54) is 32.0 Å². The van der Waals surface area contributed by atoms with Crippen LogP contribution in [-0.2, 0) is 11.3 Å². The predicted octanol–water partition coefficient (Wildman–Crippen LogP) is 3.87. The van der Waals surface area contributed by atoms with Gasteiger partial charge in [0.05, 0.1) is 0 Å². The highest BCUT2D eigenvalue weighted by Gasteiger charge is 2.61. The van der Waals surface area contributed by atoms with Gasteiger partial charge in [-0.25, -0.2) is 9.67 Å². The Balaban J connectivity index is 1.35. The molecule has 5 rings (SSSR count). The van der Waals surface area contributed by atoms with Gasteiger partial charge in [-0.1, -0.05) is 19.8 Å². The molecule has 0 amide bonds. The van der Waals surface area contributed by atoms with Crippen LogP contribution in [-0.4, -0.2) is 31.3 Å². The summed E-state index contributed by atoms with van der Waals surface area (Å²) in [5.74, 6) is 5.77. The molecule has 0 radical (unpaired) electrons. The molecular formula is C25H35N3O2. The van der Waals surface area contributed by atoms with Crippen LogP contribution in [0.3, 0.4) is 0 Å². The van der Waals surface area contributed by atoms with Gasteiger partial charge in [0, 0.05) is 5.92 Å². The number of terminal acetylenes is 1. The van der Waals surface area contributed by atoms with Gasteiger partial charge >= 0.3 is 0 Å². The number of aliphatic hydroxyl groups is 1. The third-order valence-corrected chi connectivity index (χ3v) is 10.2. The van der Waals surface area contributed by atoms with Crippen molar-refractivity contribution in [3.63, 3.8) is 0 Å². The zero-order valence-corrected chi connectivity index (χ0v) is 18.4. The number of nitrogens with zero attached hydrogens (tertiary/aromatic N) is 3. The lowest BCUT2D eigenvalue weighted by atomic mass is 9.44. The summed E-state index contributed by atoms with van der Waals surface area (Å²) in [6.07, 6.45) is 18.3. The van der Waals surface area contributed by atoms with Crippen LogP contribution in [0, 0.1) is 52.8 Å². The average molecular weight is 410 g/mol. The molecule has 0 aliphatic heterocycles. The number of hydrogen-bond acceptors (Lipinski definition) is 4. The molecule has 1 heterocycles. The fraction of sp³-hybridized carbons (Fsp3) is 0.800. The van der Waals surface area contributed by atoms with Gasteiger partial charge in [0.15, 0.2) is 5.78 Å². The standard InChI is InChI=1S/C25H35N3O2/c1-4-25(30)12-11-23(2)17(13-25)5-6-18-19-7-8-21(24(19,3)10-9-20(18)23)22(29)14-28-16-26-15-27-28/h1,15-21,30H,5-14H2,2-3H3/t17-,18+,19+,20+,21-,23+,24+,25-/m1/s1. The second-order valence-electron chi connectivity index (χ2n) is 11.3. The number of ketones is 1. The number of aromatic nitrogens is 3. The molecule has 1 aromatic rings. The lowest BCUT2D eigenvalue weighted by molar-refractivity contribution is -0.145. The van der Waals surface area contributed by atoms with Crippen molar-refractivity contribution in [2.75, 3.05) is 0 Å². The topological polar surface area (TPSA) is 68.0 Å². The van der Waals surface area contributed by atoms with Gasteiger partial charge in [0.2, 0.25) is 0 Å². The normalized spacial score (nSPS) is 47.6. The van der Waals surface area contributed by atoms with E-state index in [-0.39, 0.29) is 16.7 Å². The summed E-state index contributed by atoms with van der Waals surface area (Å²) < 4.78 is 1.67. The van der Waals surface area contributed by atoms with E-state index in [1.54, 1.807) is 11.0 Å². The minimum absolute atomic E-state index is 0.121. The first-order valence-electron chi connectivity index (χ1n) is 11.8. The molecule has 5 nitrogen and oxygen atoms in total. The quantitative estimate of drug-likeness (QED) is 0.770. The minimum Gasteiger partial charge on any atom is -0.378 e. The summed E-state index contributed by atoms with van der Waals surface area (Å²) in [6.45, 7) is 5.23. The van der Waals surface area contributed by atoms with Crippen molar-refractivity contribution in [2.45, 2.75) is 83.8 Å². The Morgan fingerprint density at radius 2 is 1.93 bits per heavy atom. The van der Waals surface area contributed by atoms with Crippen LogP contribution in [0.1, 0.15) is 71.6 Å². The Kier molecular flexibility index (Phi) is 4.67. The molecule has 4 saturated carbocycles. The van der Waals surface area contributed by atoms with Gasteiger partial charge in [0.25, 0.3) is 0 Å². The second-order valence-corrected chi connectivity index (χ2v) is 11.3. The first-order valence-corrected chi connectivity index (χ1v) is 11.8. The van der Waals surface area contributed by atoms with Crippen LogP contribution in [0.2, 0.25) is 0 Å². The zero-order valence-electron chi connectivity index (χ0n) is 18.4. The molecule has 4 fully saturated rings. The van der Waals surface area contributed by atoms with Gasteiger partial charge in [0.1, 0.15) is 24.8 Å². The maximum absolute atomic E-state index is 13.2. The van der Waals surface area contributed by atoms with Crippen LogP contribution in [0.4, 0.5) is 0 Å². The van der Waals surface area contributed by atoms with E-state index in [2.05, 4.69) is 29.9 Å². The maximum atomic E-state index is 13.2. The molecule has 162 valence electrons. The van der Waals surface area contributed by atoms with Gasteiger partial charge in [-0.3, -0.25) is 4.79 Å². The van der Waals surface area contributed by atoms with Crippen molar-refractivity contribution in [1.29, 1.82) is 0 Å². The average Bonchev–Trinajstić information content (AvgIpc) is 3.35. The van der Waals surface area contributed by atoms with E-state index >= 15 is 0 Å². The molecule has 4 aliphatic rings. The van der Waals surface area contributed by atoms with Gasteiger partial charge in [-0.05, 0) is 92.3 Å². The van der Waals surface area contributed by atoms with Gasteiger partial charge in [-0.2, -0.15) is 5.10 Å². The van der Waals surface area contributed by atoms with E-state index in [0.29, 0.717) is 36.0 Å². The summed E-state index contributed by atoms with van der Waals surface area (Å²) >= 11 is 0. The minimum atomic E-state index is -0.896. The molecular weight excluding hydrogens is 374 g/mol. The second kappa shape index (κ2) is 6.92. The maximum Gasteiger partial charge on any atom is 0.157 e. The van der Waals surface area contributed by atoms with E-state index in [9.17, 15) is 9.90 Å². The van der Waals surface area contributed by atoms with Gasteiger partial charge < -0.3 is 5.11 Å². The first-order chi connectivity index (χ1) is 14.3. The van der Waals surface area contributed by atoms with Crippen molar-refractivity contribution < 1.29 is 9.90 Å². The Hall–Kier alpha value is -1.67. The molecule has 30 heavy (non-hydrogen) atoms. The fourth-order valence-corrected chi connectivity index (χ4v) is 8.49. The molecule has 5 heteroatoms.